The highest BCUT2D eigenvalue weighted by atomic mass is 127. The summed E-state index contributed by atoms with van der Waals surface area (Å²) < 4.78 is 11.1. The summed E-state index contributed by atoms with van der Waals surface area (Å²) in [6, 6.07) is 0.180. The molecule has 2 N–H and O–H groups in total. The number of aliphatic imine (C=N–C) groups is 1. The Bertz CT molecular complexity index is 464. The Hall–Kier alpha value is -0.770. The third-order valence-corrected chi connectivity index (χ3v) is 4.23. The van der Waals surface area contributed by atoms with E-state index in [4.69, 9.17) is 9.47 Å². The number of nitrogens with one attached hydrogen (secondary N) is 2. The standard InChI is InChI=1S/C18H34N4O3.HI/c1-18(2,3)25-17(23)22-10-5-6-15(12-22)21-16(19-4)20-9-11-24-13-14-7-8-14;/h14-15H,5-13H2,1-4H3,(H2,19,20,21);1H. The fraction of sp³-hybridized carbons (Fsp3) is 0.889. The van der Waals surface area contributed by atoms with Gasteiger partial charge in [0.25, 0.3) is 0 Å². The predicted molar refractivity (Wildman–Crippen MR) is 114 cm³/mol. The molecular formula is C18H35IN4O3. The van der Waals surface area contributed by atoms with Gasteiger partial charge < -0.3 is 25.0 Å². The minimum absolute atomic E-state index is 0. The first-order valence-corrected chi connectivity index (χ1v) is 9.40. The third-order valence-electron chi connectivity index (χ3n) is 4.23. The summed E-state index contributed by atoms with van der Waals surface area (Å²) in [5.74, 6) is 1.55. The first-order chi connectivity index (χ1) is 11.9. The van der Waals surface area contributed by atoms with E-state index in [0.29, 0.717) is 13.2 Å². The highest BCUT2D eigenvalue weighted by molar-refractivity contribution is 14.0. The Labute approximate surface area is 174 Å². The van der Waals surface area contributed by atoms with Gasteiger partial charge in [-0.15, -0.1) is 24.0 Å². The van der Waals surface area contributed by atoms with Crippen LogP contribution in [0.3, 0.4) is 0 Å². The van der Waals surface area contributed by atoms with E-state index >= 15 is 0 Å². The van der Waals surface area contributed by atoms with Crippen molar-refractivity contribution in [3.8, 4) is 0 Å². The molecule has 0 bridgehead atoms. The minimum Gasteiger partial charge on any atom is -0.444 e. The second-order valence-electron chi connectivity index (χ2n) is 7.93. The lowest BCUT2D eigenvalue weighted by atomic mass is 10.1. The van der Waals surface area contributed by atoms with Crippen LogP contribution in [0.2, 0.25) is 0 Å². The molecule has 1 heterocycles. The number of ether oxygens (including phenoxy) is 2. The van der Waals surface area contributed by atoms with Gasteiger partial charge in [-0.3, -0.25) is 4.99 Å². The van der Waals surface area contributed by atoms with Crippen LogP contribution in [-0.4, -0.2) is 68.5 Å². The molecule has 0 radical (unpaired) electrons. The highest BCUT2D eigenvalue weighted by Crippen LogP contribution is 2.28. The number of likely N-dealkylation sites (tertiary alicyclic amines) is 1. The molecule has 7 nitrogen and oxygen atoms in total. The van der Waals surface area contributed by atoms with Crippen LogP contribution in [0, 0.1) is 5.92 Å². The first kappa shape index (κ1) is 23.3. The summed E-state index contributed by atoms with van der Waals surface area (Å²) in [7, 11) is 1.76. The molecule has 2 rings (SSSR count). The number of guanidine groups is 1. The Kier molecular flexibility index (Phi) is 9.99. The normalized spacial score (nSPS) is 21.0. The van der Waals surface area contributed by atoms with Crippen molar-refractivity contribution in [3.63, 3.8) is 0 Å². The lowest BCUT2D eigenvalue weighted by Crippen LogP contribution is -2.53. The number of carbonyl (C=O) groups excluding carboxylic acids is 1. The van der Waals surface area contributed by atoms with Gasteiger partial charge in [-0.25, -0.2) is 4.79 Å². The van der Waals surface area contributed by atoms with Crippen LogP contribution in [0.15, 0.2) is 4.99 Å². The third kappa shape index (κ3) is 9.25. The molecule has 152 valence electrons. The lowest BCUT2D eigenvalue weighted by Gasteiger charge is -2.35. The van der Waals surface area contributed by atoms with Gasteiger partial charge in [0, 0.05) is 39.3 Å². The summed E-state index contributed by atoms with van der Waals surface area (Å²) >= 11 is 0. The Morgan fingerprint density at radius 2 is 2.00 bits per heavy atom. The van der Waals surface area contributed by atoms with E-state index in [1.165, 1.54) is 12.8 Å². The number of amides is 1. The molecule has 2 fully saturated rings. The molecule has 0 aromatic heterocycles. The second-order valence-corrected chi connectivity index (χ2v) is 7.93. The smallest absolute Gasteiger partial charge is 0.410 e. The molecule has 1 aliphatic heterocycles. The summed E-state index contributed by atoms with van der Waals surface area (Å²) in [5, 5.41) is 6.67. The van der Waals surface area contributed by atoms with Gasteiger partial charge in [-0.2, -0.15) is 0 Å². The molecule has 2 aliphatic rings. The maximum absolute atomic E-state index is 12.2. The van der Waals surface area contributed by atoms with Gasteiger partial charge in [0.1, 0.15) is 5.60 Å². The zero-order valence-electron chi connectivity index (χ0n) is 16.5. The number of piperidine rings is 1. The predicted octanol–water partition coefficient (Wildman–Crippen LogP) is 2.60. The van der Waals surface area contributed by atoms with Crippen molar-refractivity contribution in [2.24, 2.45) is 10.9 Å². The Morgan fingerprint density at radius 1 is 1.27 bits per heavy atom. The van der Waals surface area contributed by atoms with E-state index in [-0.39, 0.29) is 36.1 Å². The molecule has 0 spiro atoms. The van der Waals surface area contributed by atoms with Crippen molar-refractivity contribution >= 4 is 36.0 Å². The molecule has 1 aliphatic carbocycles. The van der Waals surface area contributed by atoms with Crippen LogP contribution in [-0.2, 0) is 9.47 Å². The van der Waals surface area contributed by atoms with Crippen LogP contribution in [0.25, 0.3) is 0 Å². The fourth-order valence-electron chi connectivity index (χ4n) is 2.75. The van der Waals surface area contributed by atoms with E-state index in [1.54, 1.807) is 11.9 Å². The number of nitrogens with zero attached hydrogens (tertiary/aromatic N) is 2. The first-order valence-electron chi connectivity index (χ1n) is 9.40. The maximum Gasteiger partial charge on any atom is 0.410 e. The summed E-state index contributed by atoms with van der Waals surface area (Å²) in [4.78, 5) is 18.3. The van der Waals surface area contributed by atoms with Crippen LogP contribution in [0.4, 0.5) is 4.79 Å². The van der Waals surface area contributed by atoms with Gasteiger partial charge in [0.2, 0.25) is 0 Å². The zero-order valence-corrected chi connectivity index (χ0v) is 18.9. The molecule has 0 aromatic rings. The van der Waals surface area contributed by atoms with Crippen molar-refractivity contribution in [1.82, 2.24) is 15.5 Å². The molecule has 1 amide bonds. The molecule has 1 saturated carbocycles. The van der Waals surface area contributed by atoms with E-state index in [9.17, 15) is 4.79 Å². The van der Waals surface area contributed by atoms with E-state index < -0.39 is 5.60 Å². The topological polar surface area (TPSA) is 75.2 Å². The number of rotatable bonds is 6. The van der Waals surface area contributed by atoms with Gasteiger partial charge in [0.05, 0.1) is 6.61 Å². The average molecular weight is 482 g/mol. The number of halogens is 1. The Morgan fingerprint density at radius 3 is 2.62 bits per heavy atom. The molecule has 26 heavy (non-hydrogen) atoms. The SMILES string of the molecule is CN=C(NCCOCC1CC1)NC1CCCN(C(=O)OC(C)(C)C)C1.I. The maximum atomic E-state index is 12.2. The van der Waals surface area contributed by atoms with Gasteiger partial charge in [-0.1, -0.05) is 0 Å². The molecule has 1 saturated heterocycles. The van der Waals surface area contributed by atoms with E-state index in [2.05, 4.69) is 15.6 Å². The largest absolute Gasteiger partial charge is 0.444 e. The quantitative estimate of drug-likeness (QED) is 0.264. The van der Waals surface area contributed by atoms with Crippen molar-refractivity contribution in [3.05, 3.63) is 0 Å². The second kappa shape index (κ2) is 11.2. The number of carbonyl (C=O) groups is 1. The van der Waals surface area contributed by atoms with E-state index in [1.807, 2.05) is 20.8 Å². The van der Waals surface area contributed by atoms with Gasteiger partial charge in [-0.05, 0) is 52.4 Å². The Balaban J connectivity index is 0.00000338. The van der Waals surface area contributed by atoms with Gasteiger partial charge in [0.15, 0.2) is 5.96 Å². The lowest BCUT2D eigenvalue weighted by molar-refractivity contribution is 0.0193. The summed E-state index contributed by atoms with van der Waals surface area (Å²) in [6.07, 6.45) is 4.35. The number of hydrogen-bond donors (Lipinski definition) is 2. The molecule has 1 atom stereocenters. The number of hydrogen-bond acceptors (Lipinski definition) is 4. The highest BCUT2D eigenvalue weighted by Gasteiger charge is 2.28. The van der Waals surface area contributed by atoms with Crippen LogP contribution in [0.5, 0.6) is 0 Å². The fourth-order valence-corrected chi connectivity index (χ4v) is 2.75. The van der Waals surface area contributed by atoms with Crippen LogP contribution >= 0.6 is 24.0 Å². The van der Waals surface area contributed by atoms with Crippen molar-refractivity contribution in [2.75, 3.05) is 39.9 Å². The average Bonchev–Trinajstić information content (AvgIpc) is 3.36. The molecule has 1 unspecified atom stereocenters. The summed E-state index contributed by atoms with van der Waals surface area (Å²) in [6.45, 7) is 9.34. The minimum atomic E-state index is -0.463. The van der Waals surface area contributed by atoms with Crippen molar-refractivity contribution < 1.29 is 14.3 Å². The molecular weight excluding hydrogens is 447 g/mol. The molecule has 8 heteroatoms. The van der Waals surface area contributed by atoms with Crippen molar-refractivity contribution in [2.45, 2.75) is 58.1 Å². The van der Waals surface area contributed by atoms with E-state index in [0.717, 1.165) is 44.4 Å². The van der Waals surface area contributed by atoms with Gasteiger partial charge >= 0.3 is 6.09 Å². The zero-order chi connectivity index (χ0) is 18.3. The van der Waals surface area contributed by atoms with Crippen molar-refractivity contribution in [1.29, 1.82) is 0 Å². The molecule has 0 aromatic carbocycles. The monoisotopic (exact) mass is 482 g/mol. The summed E-state index contributed by atoms with van der Waals surface area (Å²) in [5.41, 5.74) is -0.463. The van der Waals surface area contributed by atoms with Crippen LogP contribution in [0.1, 0.15) is 46.5 Å². The van der Waals surface area contributed by atoms with Crippen LogP contribution < -0.4 is 10.6 Å².